The van der Waals surface area contributed by atoms with Gasteiger partial charge < -0.3 is 14.5 Å². The molecule has 0 aromatic heterocycles. The van der Waals surface area contributed by atoms with Crippen LogP contribution in [0.15, 0.2) is 30.3 Å². The highest BCUT2D eigenvalue weighted by Crippen LogP contribution is 2.27. The highest BCUT2D eigenvalue weighted by atomic mass is 16.2. The molecule has 1 amide bonds. The lowest BCUT2D eigenvalue weighted by Gasteiger charge is -2.35. The number of nitrogens with zero attached hydrogens (tertiary/aromatic N) is 1. The van der Waals surface area contributed by atoms with E-state index in [1.165, 1.54) is 0 Å². The standard InChI is InChI=1S/C19H27NO3/c1-15(12-21)10-11-19(3,4)14-20(16(2)13-22)18(23)17-8-6-5-7-9-17/h5-9,12-13,15-16H,10-11,14H2,1-4H3/t15-,16+/m1/s1. The summed E-state index contributed by atoms with van der Waals surface area (Å²) in [6.45, 7) is 8.23. The van der Waals surface area contributed by atoms with Gasteiger partial charge in [-0.05, 0) is 37.3 Å². The molecule has 126 valence electrons. The van der Waals surface area contributed by atoms with E-state index in [0.717, 1.165) is 25.4 Å². The first-order valence-electron chi connectivity index (χ1n) is 8.07. The molecule has 0 saturated carbocycles. The van der Waals surface area contributed by atoms with Crippen LogP contribution in [-0.4, -0.2) is 36.0 Å². The lowest BCUT2D eigenvalue weighted by atomic mass is 9.84. The van der Waals surface area contributed by atoms with Gasteiger partial charge in [-0.25, -0.2) is 0 Å². The molecule has 4 nitrogen and oxygen atoms in total. The predicted molar refractivity (Wildman–Crippen MR) is 91.2 cm³/mol. The van der Waals surface area contributed by atoms with Crippen molar-refractivity contribution in [2.45, 2.75) is 46.6 Å². The predicted octanol–water partition coefficient (Wildman–Crippen LogP) is 3.36. The summed E-state index contributed by atoms with van der Waals surface area (Å²) in [5.74, 6) is -0.127. The fraction of sp³-hybridized carbons (Fsp3) is 0.526. The minimum Gasteiger partial charge on any atom is -0.329 e. The van der Waals surface area contributed by atoms with Gasteiger partial charge in [0.25, 0.3) is 5.91 Å². The van der Waals surface area contributed by atoms with Crippen molar-refractivity contribution >= 4 is 18.5 Å². The van der Waals surface area contributed by atoms with Gasteiger partial charge in [0.05, 0.1) is 6.04 Å². The lowest BCUT2D eigenvalue weighted by Crippen LogP contribution is -2.45. The van der Waals surface area contributed by atoms with Crippen LogP contribution in [0.1, 0.15) is 50.9 Å². The number of rotatable bonds is 9. The van der Waals surface area contributed by atoms with Crippen LogP contribution in [0, 0.1) is 11.3 Å². The molecule has 0 aliphatic rings. The van der Waals surface area contributed by atoms with Crippen molar-refractivity contribution in [3.05, 3.63) is 35.9 Å². The molecule has 0 aliphatic carbocycles. The lowest BCUT2D eigenvalue weighted by molar-refractivity contribution is -0.111. The van der Waals surface area contributed by atoms with Gasteiger partial charge in [0, 0.05) is 18.0 Å². The average Bonchev–Trinajstić information content (AvgIpc) is 2.57. The van der Waals surface area contributed by atoms with E-state index in [1.54, 1.807) is 24.0 Å². The topological polar surface area (TPSA) is 54.5 Å². The molecular formula is C19H27NO3. The van der Waals surface area contributed by atoms with Gasteiger partial charge in [-0.15, -0.1) is 0 Å². The van der Waals surface area contributed by atoms with E-state index in [1.807, 2.05) is 25.1 Å². The summed E-state index contributed by atoms with van der Waals surface area (Å²) in [5, 5.41) is 0. The molecule has 0 fully saturated rings. The molecule has 2 atom stereocenters. The van der Waals surface area contributed by atoms with Crippen molar-refractivity contribution in [2.75, 3.05) is 6.54 Å². The molecule has 0 unspecified atom stereocenters. The minimum atomic E-state index is -0.481. The van der Waals surface area contributed by atoms with Crippen molar-refractivity contribution in [1.82, 2.24) is 4.90 Å². The summed E-state index contributed by atoms with van der Waals surface area (Å²) in [7, 11) is 0. The van der Waals surface area contributed by atoms with Crippen LogP contribution < -0.4 is 0 Å². The Labute approximate surface area is 138 Å². The highest BCUT2D eigenvalue weighted by molar-refractivity contribution is 5.95. The Hall–Kier alpha value is -1.97. The van der Waals surface area contributed by atoms with Gasteiger partial charge in [-0.1, -0.05) is 39.0 Å². The second-order valence-corrected chi connectivity index (χ2v) is 6.99. The zero-order valence-electron chi connectivity index (χ0n) is 14.5. The second kappa shape index (κ2) is 8.61. The fourth-order valence-corrected chi connectivity index (χ4v) is 2.45. The van der Waals surface area contributed by atoms with E-state index in [4.69, 9.17) is 0 Å². The Balaban J connectivity index is 2.88. The first-order valence-corrected chi connectivity index (χ1v) is 8.07. The summed E-state index contributed by atoms with van der Waals surface area (Å²) in [5.41, 5.74) is 0.414. The highest BCUT2D eigenvalue weighted by Gasteiger charge is 2.29. The van der Waals surface area contributed by atoms with Crippen LogP contribution in [0.4, 0.5) is 0 Å². The maximum atomic E-state index is 12.7. The molecule has 0 bridgehead atoms. The van der Waals surface area contributed by atoms with Gasteiger partial charge in [0.15, 0.2) is 0 Å². The van der Waals surface area contributed by atoms with Gasteiger partial charge >= 0.3 is 0 Å². The Kier molecular flexibility index (Phi) is 7.14. The van der Waals surface area contributed by atoms with Gasteiger partial charge in [-0.3, -0.25) is 4.79 Å². The Morgan fingerprint density at radius 2 is 1.74 bits per heavy atom. The van der Waals surface area contributed by atoms with E-state index >= 15 is 0 Å². The quantitative estimate of drug-likeness (QED) is 0.656. The third-order valence-electron chi connectivity index (χ3n) is 4.08. The van der Waals surface area contributed by atoms with E-state index in [2.05, 4.69) is 13.8 Å². The van der Waals surface area contributed by atoms with Crippen molar-refractivity contribution in [3.63, 3.8) is 0 Å². The normalized spacial score (nSPS) is 13.9. The van der Waals surface area contributed by atoms with Crippen molar-refractivity contribution in [3.8, 4) is 0 Å². The molecule has 1 aromatic rings. The Morgan fingerprint density at radius 1 is 1.13 bits per heavy atom. The third-order valence-corrected chi connectivity index (χ3v) is 4.08. The molecule has 0 saturated heterocycles. The van der Waals surface area contributed by atoms with Crippen LogP contribution in [0.5, 0.6) is 0 Å². The number of carbonyl (C=O) groups excluding carboxylic acids is 3. The third kappa shape index (κ3) is 5.97. The van der Waals surface area contributed by atoms with E-state index in [0.29, 0.717) is 12.1 Å². The Bertz CT molecular complexity index is 525. The molecule has 4 heteroatoms. The van der Waals surface area contributed by atoms with Crippen molar-refractivity contribution < 1.29 is 14.4 Å². The second-order valence-electron chi connectivity index (χ2n) is 6.99. The van der Waals surface area contributed by atoms with Crippen LogP contribution in [0.3, 0.4) is 0 Å². The smallest absolute Gasteiger partial charge is 0.254 e. The molecular weight excluding hydrogens is 290 g/mol. The summed E-state index contributed by atoms with van der Waals surface area (Å²) < 4.78 is 0. The number of carbonyl (C=O) groups is 3. The van der Waals surface area contributed by atoms with Gasteiger partial charge in [0.1, 0.15) is 12.6 Å². The first kappa shape index (κ1) is 19.1. The zero-order valence-corrected chi connectivity index (χ0v) is 14.5. The van der Waals surface area contributed by atoms with Crippen molar-refractivity contribution in [1.29, 1.82) is 0 Å². The molecule has 0 radical (unpaired) electrons. The molecule has 0 aliphatic heterocycles. The fourth-order valence-electron chi connectivity index (χ4n) is 2.45. The van der Waals surface area contributed by atoms with E-state index in [-0.39, 0.29) is 17.2 Å². The maximum Gasteiger partial charge on any atom is 0.254 e. The number of hydrogen-bond acceptors (Lipinski definition) is 3. The number of amides is 1. The average molecular weight is 317 g/mol. The number of hydrogen-bond donors (Lipinski definition) is 0. The summed E-state index contributed by atoms with van der Waals surface area (Å²) in [6.07, 6.45) is 3.35. The molecule has 1 rings (SSSR count). The van der Waals surface area contributed by atoms with E-state index < -0.39 is 6.04 Å². The molecule has 23 heavy (non-hydrogen) atoms. The van der Waals surface area contributed by atoms with Gasteiger partial charge in [-0.2, -0.15) is 0 Å². The SMILES string of the molecule is C[C@@H](C=O)CCC(C)(C)CN(C(=O)c1ccccc1)[C@@H](C)C=O. The number of aldehydes is 2. The molecule has 0 spiro atoms. The Morgan fingerprint density at radius 3 is 2.26 bits per heavy atom. The minimum absolute atomic E-state index is 0.0102. The summed E-state index contributed by atoms with van der Waals surface area (Å²) in [4.78, 5) is 36.4. The van der Waals surface area contributed by atoms with Crippen LogP contribution in [-0.2, 0) is 9.59 Å². The number of benzene rings is 1. The largest absolute Gasteiger partial charge is 0.329 e. The van der Waals surface area contributed by atoms with E-state index in [9.17, 15) is 14.4 Å². The molecule has 0 heterocycles. The van der Waals surface area contributed by atoms with Gasteiger partial charge in [0.2, 0.25) is 0 Å². The summed E-state index contributed by atoms with van der Waals surface area (Å²) in [6, 6.07) is 8.52. The van der Waals surface area contributed by atoms with Crippen molar-refractivity contribution in [2.24, 2.45) is 11.3 Å². The molecule has 0 N–H and O–H groups in total. The first-order chi connectivity index (χ1) is 10.8. The zero-order chi connectivity index (χ0) is 17.5. The monoisotopic (exact) mass is 317 g/mol. The summed E-state index contributed by atoms with van der Waals surface area (Å²) >= 11 is 0. The van der Waals surface area contributed by atoms with Crippen LogP contribution in [0.2, 0.25) is 0 Å². The van der Waals surface area contributed by atoms with Crippen LogP contribution >= 0.6 is 0 Å². The molecule has 1 aromatic carbocycles. The van der Waals surface area contributed by atoms with Crippen LogP contribution in [0.25, 0.3) is 0 Å². The maximum absolute atomic E-state index is 12.7.